The SMILES string of the molecule is COCCCNC(=O)Cn1cc(Cl)cn1. The van der Waals surface area contributed by atoms with Crippen LogP contribution in [0.5, 0.6) is 0 Å². The molecule has 0 bridgehead atoms. The zero-order valence-electron chi connectivity index (χ0n) is 8.57. The lowest BCUT2D eigenvalue weighted by atomic mass is 10.4. The summed E-state index contributed by atoms with van der Waals surface area (Å²) in [6.07, 6.45) is 3.91. The lowest BCUT2D eigenvalue weighted by molar-refractivity contribution is -0.121. The minimum Gasteiger partial charge on any atom is -0.385 e. The van der Waals surface area contributed by atoms with Crippen LogP contribution in [-0.4, -0.2) is 35.9 Å². The van der Waals surface area contributed by atoms with Crippen molar-refractivity contribution in [3.8, 4) is 0 Å². The molecule has 1 heterocycles. The van der Waals surface area contributed by atoms with E-state index in [0.717, 1.165) is 6.42 Å². The number of halogens is 1. The summed E-state index contributed by atoms with van der Waals surface area (Å²) in [7, 11) is 1.63. The molecule has 0 aliphatic carbocycles. The highest BCUT2D eigenvalue weighted by molar-refractivity contribution is 6.30. The largest absolute Gasteiger partial charge is 0.385 e. The van der Waals surface area contributed by atoms with E-state index in [4.69, 9.17) is 16.3 Å². The summed E-state index contributed by atoms with van der Waals surface area (Å²) >= 11 is 5.66. The van der Waals surface area contributed by atoms with E-state index in [0.29, 0.717) is 18.2 Å². The monoisotopic (exact) mass is 231 g/mol. The van der Waals surface area contributed by atoms with Crippen molar-refractivity contribution in [1.82, 2.24) is 15.1 Å². The van der Waals surface area contributed by atoms with Gasteiger partial charge in [-0.2, -0.15) is 5.10 Å². The third-order valence-corrected chi connectivity index (χ3v) is 1.95. The highest BCUT2D eigenvalue weighted by atomic mass is 35.5. The van der Waals surface area contributed by atoms with Crippen LogP contribution in [0.1, 0.15) is 6.42 Å². The summed E-state index contributed by atoms with van der Waals surface area (Å²) in [5.41, 5.74) is 0. The molecular formula is C9H14ClN3O2. The van der Waals surface area contributed by atoms with Gasteiger partial charge in [0.1, 0.15) is 6.54 Å². The van der Waals surface area contributed by atoms with Gasteiger partial charge in [0.2, 0.25) is 5.91 Å². The maximum absolute atomic E-state index is 11.3. The molecule has 15 heavy (non-hydrogen) atoms. The van der Waals surface area contributed by atoms with Crippen molar-refractivity contribution in [3.05, 3.63) is 17.4 Å². The average molecular weight is 232 g/mol. The van der Waals surface area contributed by atoms with Crippen molar-refractivity contribution in [2.75, 3.05) is 20.3 Å². The molecule has 6 heteroatoms. The number of rotatable bonds is 6. The van der Waals surface area contributed by atoms with Gasteiger partial charge in [-0.3, -0.25) is 9.48 Å². The molecule has 1 rings (SSSR count). The van der Waals surface area contributed by atoms with Crippen LogP contribution >= 0.6 is 11.6 Å². The Morgan fingerprint density at radius 1 is 1.73 bits per heavy atom. The topological polar surface area (TPSA) is 56.1 Å². The molecule has 0 radical (unpaired) electrons. The minimum absolute atomic E-state index is 0.0779. The van der Waals surface area contributed by atoms with E-state index in [1.807, 2.05) is 0 Å². The number of ether oxygens (including phenoxy) is 1. The van der Waals surface area contributed by atoms with Gasteiger partial charge >= 0.3 is 0 Å². The van der Waals surface area contributed by atoms with Crippen molar-refractivity contribution in [1.29, 1.82) is 0 Å². The van der Waals surface area contributed by atoms with Gasteiger partial charge in [-0.25, -0.2) is 0 Å². The fourth-order valence-electron chi connectivity index (χ4n) is 1.07. The summed E-state index contributed by atoms with van der Waals surface area (Å²) < 4.78 is 6.35. The van der Waals surface area contributed by atoms with Crippen molar-refractivity contribution in [3.63, 3.8) is 0 Å². The number of hydrogen-bond acceptors (Lipinski definition) is 3. The summed E-state index contributed by atoms with van der Waals surface area (Å²) in [4.78, 5) is 11.3. The quantitative estimate of drug-likeness (QED) is 0.733. The van der Waals surface area contributed by atoms with Gasteiger partial charge in [-0.1, -0.05) is 11.6 Å². The highest BCUT2D eigenvalue weighted by Gasteiger charge is 2.02. The Bertz CT molecular complexity index is 314. The average Bonchev–Trinajstić information content (AvgIpc) is 2.59. The van der Waals surface area contributed by atoms with Crippen LogP contribution < -0.4 is 5.32 Å². The number of amides is 1. The number of carbonyl (C=O) groups excluding carboxylic acids is 1. The third-order valence-electron chi connectivity index (χ3n) is 1.75. The zero-order chi connectivity index (χ0) is 11.1. The smallest absolute Gasteiger partial charge is 0.241 e. The van der Waals surface area contributed by atoms with Gasteiger partial charge in [0.15, 0.2) is 0 Å². The molecule has 1 amide bonds. The van der Waals surface area contributed by atoms with Crippen LogP contribution in [0, 0.1) is 0 Å². The molecule has 0 spiro atoms. The van der Waals surface area contributed by atoms with E-state index in [1.165, 1.54) is 10.9 Å². The van der Waals surface area contributed by atoms with Gasteiger partial charge < -0.3 is 10.1 Å². The van der Waals surface area contributed by atoms with Gasteiger partial charge in [0.25, 0.3) is 0 Å². The second-order valence-corrected chi connectivity index (χ2v) is 3.49. The van der Waals surface area contributed by atoms with E-state index in [9.17, 15) is 4.79 Å². The van der Waals surface area contributed by atoms with Gasteiger partial charge in [0.05, 0.1) is 11.2 Å². The van der Waals surface area contributed by atoms with Crippen molar-refractivity contribution >= 4 is 17.5 Å². The molecule has 0 aromatic carbocycles. The fourth-order valence-corrected chi connectivity index (χ4v) is 1.23. The summed E-state index contributed by atoms with van der Waals surface area (Å²) in [5, 5.41) is 7.18. The number of carbonyl (C=O) groups is 1. The number of nitrogens with zero attached hydrogens (tertiary/aromatic N) is 2. The van der Waals surface area contributed by atoms with Crippen LogP contribution in [0.3, 0.4) is 0 Å². The first kappa shape index (κ1) is 12.0. The summed E-state index contributed by atoms with van der Waals surface area (Å²) in [6.45, 7) is 1.45. The Morgan fingerprint density at radius 3 is 3.13 bits per heavy atom. The molecule has 0 saturated carbocycles. The molecule has 0 fully saturated rings. The third kappa shape index (κ3) is 4.80. The first-order chi connectivity index (χ1) is 7.22. The Kier molecular flexibility index (Phi) is 5.14. The first-order valence-electron chi connectivity index (χ1n) is 4.66. The Morgan fingerprint density at radius 2 is 2.53 bits per heavy atom. The Labute approximate surface area is 93.4 Å². The van der Waals surface area contributed by atoms with Gasteiger partial charge in [-0.15, -0.1) is 0 Å². The molecule has 1 N–H and O–H groups in total. The maximum Gasteiger partial charge on any atom is 0.241 e. The lowest BCUT2D eigenvalue weighted by Crippen LogP contribution is -2.29. The van der Waals surface area contributed by atoms with Gasteiger partial charge in [-0.05, 0) is 6.42 Å². The van der Waals surface area contributed by atoms with E-state index in [2.05, 4.69) is 10.4 Å². The Hall–Kier alpha value is -1.07. The predicted molar refractivity (Wildman–Crippen MR) is 56.7 cm³/mol. The number of nitrogens with one attached hydrogen (secondary N) is 1. The standard InChI is InChI=1S/C9H14ClN3O2/c1-15-4-2-3-11-9(14)7-13-6-8(10)5-12-13/h5-6H,2-4,7H2,1H3,(H,11,14). The molecule has 0 atom stereocenters. The molecule has 0 saturated heterocycles. The van der Waals surface area contributed by atoms with Crippen molar-refractivity contribution < 1.29 is 9.53 Å². The number of methoxy groups -OCH3 is 1. The zero-order valence-corrected chi connectivity index (χ0v) is 9.33. The van der Waals surface area contributed by atoms with Crippen molar-refractivity contribution in [2.45, 2.75) is 13.0 Å². The van der Waals surface area contributed by atoms with Crippen LogP contribution in [0.2, 0.25) is 5.02 Å². The lowest BCUT2D eigenvalue weighted by Gasteiger charge is -2.04. The molecule has 0 aliphatic rings. The second-order valence-electron chi connectivity index (χ2n) is 3.05. The number of aromatic nitrogens is 2. The molecule has 84 valence electrons. The van der Waals surface area contributed by atoms with E-state index in [1.54, 1.807) is 13.3 Å². The number of hydrogen-bond donors (Lipinski definition) is 1. The fraction of sp³-hybridized carbons (Fsp3) is 0.556. The highest BCUT2D eigenvalue weighted by Crippen LogP contribution is 2.03. The molecule has 0 aliphatic heterocycles. The normalized spacial score (nSPS) is 10.3. The van der Waals surface area contributed by atoms with Crippen LogP contribution in [0.25, 0.3) is 0 Å². The van der Waals surface area contributed by atoms with Crippen LogP contribution in [0.4, 0.5) is 0 Å². The predicted octanol–water partition coefficient (Wildman–Crippen LogP) is 0.689. The molecule has 5 nitrogen and oxygen atoms in total. The van der Waals surface area contributed by atoms with Crippen LogP contribution in [0.15, 0.2) is 12.4 Å². The summed E-state index contributed by atoms with van der Waals surface area (Å²) in [5.74, 6) is -0.0779. The molecule has 1 aromatic heterocycles. The molecule has 0 unspecified atom stereocenters. The van der Waals surface area contributed by atoms with Crippen molar-refractivity contribution in [2.24, 2.45) is 0 Å². The summed E-state index contributed by atoms with van der Waals surface area (Å²) in [6, 6.07) is 0. The van der Waals surface area contributed by atoms with E-state index < -0.39 is 0 Å². The first-order valence-corrected chi connectivity index (χ1v) is 5.04. The Balaban J connectivity index is 2.18. The van der Waals surface area contributed by atoms with E-state index >= 15 is 0 Å². The minimum atomic E-state index is -0.0779. The maximum atomic E-state index is 11.3. The van der Waals surface area contributed by atoms with Gasteiger partial charge in [0, 0.05) is 26.5 Å². The van der Waals surface area contributed by atoms with E-state index in [-0.39, 0.29) is 12.5 Å². The second kappa shape index (κ2) is 6.42. The molecular weight excluding hydrogens is 218 g/mol. The molecule has 1 aromatic rings. The van der Waals surface area contributed by atoms with Crippen LogP contribution in [-0.2, 0) is 16.1 Å².